The quantitative estimate of drug-likeness (QED) is 0.616. The van der Waals surface area contributed by atoms with E-state index in [1.54, 1.807) is 0 Å². The maximum Gasteiger partial charge on any atom is 0.0741 e. The number of nitrogens with zero attached hydrogens (tertiary/aromatic N) is 2. The van der Waals surface area contributed by atoms with Gasteiger partial charge < -0.3 is 0 Å². The molecule has 18 heavy (non-hydrogen) atoms. The van der Waals surface area contributed by atoms with E-state index in [-0.39, 0.29) is 0 Å². The van der Waals surface area contributed by atoms with E-state index in [0.717, 1.165) is 11.2 Å². The third kappa shape index (κ3) is 2.28. The smallest absolute Gasteiger partial charge is 0.0741 e. The summed E-state index contributed by atoms with van der Waals surface area (Å²) in [5.41, 5.74) is 3.51. The minimum Gasteiger partial charge on any atom is -0.233 e. The van der Waals surface area contributed by atoms with Gasteiger partial charge in [0.15, 0.2) is 0 Å². The highest BCUT2D eigenvalue weighted by atomic mass is 15.3. The summed E-state index contributed by atoms with van der Waals surface area (Å²) in [7, 11) is 0. The first-order valence-corrected chi connectivity index (χ1v) is 6.34. The number of hydrogen-bond donors (Lipinski definition) is 0. The molecule has 2 heteroatoms. The number of para-hydroxylation sites is 1. The Labute approximate surface area is 108 Å². The van der Waals surface area contributed by atoms with E-state index in [9.17, 15) is 0 Å². The van der Waals surface area contributed by atoms with E-state index in [1.807, 2.05) is 42.9 Å². The zero-order valence-electron chi connectivity index (χ0n) is 11.1. The van der Waals surface area contributed by atoms with Gasteiger partial charge in [-0.3, -0.25) is 0 Å². The van der Waals surface area contributed by atoms with Gasteiger partial charge in [-0.1, -0.05) is 43.7 Å². The lowest BCUT2D eigenvalue weighted by Gasteiger charge is -2.02. The first kappa shape index (κ1) is 12.4. The van der Waals surface area contributed by atoms with Gasteiger partial charge in [-0.05, 0) is 31.2 Å². The van der Waals surface area contributed by atoms with Gasteiger partial charge in [-0.2, -0.15) is 5.10 Å². The van der Waals surface area contributed by atoms with E-state index in [1.165, 1.54) is 10.9 Å². The van der Waals surface area contributed by atoms with Gasteiger partial charge in [0.25, 0.3) is 0 Å². The Hall–Kier alpha value is -2.09. The number of hydrogen-bond acceptors (Lipinski definition) is 1. The summed E-state index contributed by atoms with van der Waals surface area (Å²) in [6, 6.07) is 16.6. The molecule has 0 aliphatic carbocycles. The molecule has 0 unspecified atom stereocenters. The Kier molecular flexibility index (Phi) is 3.78. The predicted octanol–water partition coefficient (Wildman–Crippen LogP) is 4.36. The fourth-order valence-corrected chi connectivity index (χ4v) is 1.93. The normalized spacial score (nSPS) is 9.94. The van der Waals surface area contributed by atoms with Crippen molar-refractivity contribution in [2.24, 2.45) is 0 Å². The van der Waals surface area contributed by atoms with Crippen LogP contribution in [-0.2, 0) is 0 Å². The number of rotatable bonds is 1. The molecule has 2 aromatic carbocycles. The van der Waals surface area contributed by atoms with Gasteiger partial charge in [0.05, 0.1) is 17.4 Å². The van der Waals surface area contributed by atoms with Crippen LogP contribution < -0.4 is 0 Å². The fourth-order valence-electron chi connectivity index (χ4n) is 1.93. The molecule has 92 valence electrons. The van der Waals surface area contributed by atoms with Gasteiger partial charge >= 0.3 is 0 Å². The molecule has 0 aliphatic rings. The zero-order valence-corrected chi connectivity index (χ0v) is 11.1. The molecule has 0 fully saturated rings. The van der Waals surface area contributed by atoms with Crippen LogP contribution in [0.2, 0.25) is 0 Å². The van der Waals surface area contributed by atoms with Crippen molar-refractivity contribution in [3.05, 3.63) is 60.3 Å². The molecule has 0 aliphatic heterocycles. The maximum atomic E-state index is 4.42. The standard InChI is InChI=1S/C14H12N2.C2H6/c1-11-7-8-14-12(9-11)10-15-16(14)13-5-3-2-4-6-13;1-2/h2-10H,1H3;1-2H3. The van der Waals surface area contributed by atoms with Crippen molar-refractivity contribution in [1.82, 2.24) is 9.78 Å². The summed E-state index contributed by atoms with van der Waals surface area (Å²) in [6.07, 6.45) is 1.91. The minimum atomic E-state index is 1.10. The minimum absolute atomic E-state index is 1.10. The predicted molar refractivity (Wildman–Crippen MR) is 77.2 cm³/mol. The molecular weight excluding hydrogens is 220 g/mol. The van der Waals surface area contributed by atoms with Crippen LogP contribution in [0.5, 0.6) is 0 Å². The molecule has 0 atom stereocenters. The fraction of sp³-hybridized carbons (Fsp3) is 0.188. The molecule has 3 rings (SSSR count). The zero-order chi connectivity index (χ0) is 13.0. The van der Waals surface area contributed by atoms with Crippen LogP contribution in [0, 0.1) is 6.92 Å². The van der Waals surface area contributed by atoms with Crippen LogP contribution in [0.4, 0.5) is 0 Å². The summed E-state index contributed by atoms with van der Waals surface area (Å²) in [6.45, 7) is 6.10. The highest BCUT2D eigenvalue weighted by Gasteiger charge is 2.03. The van der Waals surface area contributed by atoms with Gasteiger partial charge in [0.1, 0.15) is 0 Å². The van der Waals surface area contributed by atoms with Crippen molar-refractivity contribution in [3.8, 4) is 5.69 Å². The molecular formula is C16H18N2. The first-order valence-electron chi connectivity index (χ1n) is 6.34. The van der Waals surface area contributed by atoms with Crippen LogP contribution in [0.1, 0.15) is 19.4 Å². The van der Waals surface area contributed by atoms with Crippen LogP contribution in [0.15, 0.2) is 54.7 Å². The molecule has 0 amide bonds. The second-order valence-corrected chi connectivity index (χ2v) is 3.95. The topological polar surface area (TPSA) is 17.8 Å². The summed E-state index contributed by atoms with van der Waals surface area (Å²) < 4.78 is 1.97. The molecule has 1 aromatic heterocycles. The van der Waals surface area contributed by atoms with Gasteiger partial charge in [-0.25, -0.2) is 4.68 Å². The summed E-state index contributed by atoms with van der Waals surface area (Å²) >= 11 is 0. The molecule has 0 saturated carbocycles. The average molecular weight is 238 g/mol. The second kappa shape index (κ2) is 5.50. The number of aryl methyl sites for hydroxylation is 1. The van der Waals surface area contributed by atoms with Crippen molar-refractivity contribution < 1.29 is 0 Å². The SMILES string of the molecule is CC.Cc1ccc2c(cnn2-c2ccccc2)c1. The first-order chi connectivity index (χ1) is 8.84. The summed E-state index contributed by atoms with van der Waals surface area (Å²) in [5, 5.41) is 5.61. The molecule has 3 aromatic rings. The van der Waals surface area contributed by atoms with Crippen LogP contribution >= 0.6 is 0 Å². The van der Waals surface area contributed by atoms with E-state index >= 15 is 0 Å². The number of benzene rings is 2. The van der Waals surface area contributed by atoms with E-state index in [0.29, 0.717) is 0 Å². The van der Waals surface area contributed by atoms with Crippen molar-refractivity contribution in [3.63, 3.8) is 0 Å². The molecule has 0 saturated heterocycles. The molecule has 0 radical (unpaired) electrons. The van der Waals surface area contributed by atoms with Gasteiger partial charge in [-0.15, -0.1) is 0 Å². The van der Waals surface area contributed by atoms with E-state index in [2.05, 4.69) is 42.4 Å². The van der Waals surface area contributed by atoms with E-state index < -0.39 is 0 Å². The lowest BCUT2D eigenvalue weighted by Crippen LogP contribution is -1.94. The van der Waals surface area contributed by atoms with Gasteiger partial charge in [0.2, 0.25) is 0 Å². The van der Waals surface area contributed by atoms with Crippen molar-refractivity contribution in [2.75, 3.05) is 0 Å². The summed E-state index contributed by atoms with van der Waals surface area (Å²) in [4.78, 5) is 0. The van der Waals surface area contributed by atoms with E-state index in [4.69, 9.17) is 0 Å². The molecule has 0 bridgehead atoms. The van der Waals surface area contributed by atoms with Crippen molar-refractivity contribution in [1.29, 1.82) is 0 Å². The molecule has 1 heterocycles. The van der Waals surface area contributed by atoms with Crippen LogP contribution in [-0.4, -0.2) is 9.78 Å². The third-order valence-corrected chi connectivity index (χ3v) is 2.72. The van der Waals surface area contributed by atoms with Crippen molar-refractivity contribution in [2.45, 2.75) is 20.8 Å². The second-order valence-electron chi connectivity index (χ2n) is 3.95. The number of aromatic nitrogens is 2. The Balaban J connectivity index is 0.000000574. The molecule has 0 spiro atoms. The largest absolute Gasteiger partial charge is 0.233 e. The summed E-state index contributed by atoms with van der Waals surface area (Å²) in [5.74, 6) is 0. The Morgan fingerprint density at radius 3 is 2.39 bits per heavy atom. The van der Waals surface area contributed by atoms with Gasteiger partial charge in [0, 0.05) is 5.39 Å². The lowest BCUT2D eigenvalue weighted by molar-refractivity contribution is 0.911. The maximum absolute atomic E-state index is 4.42. The molecule has 0 N–H and O–H groups in total. The van der Waals surface area contributed by atoms with Crippen LogP contribution in [0.3, 0.4) is 0 Å². The Morgan fingerprint density at radius 2 is 1.67 bits per heavy atom. The van der Waals surface area contributed by atoms with Crippen molar-refractivity contribution >= 4 is 10.9 Å². The highest BCUT2D eigenvalue weighted by Crippen LogP contribution is 2.18. The Bertz CT molecular complexity index is 624. The molecule has 2 nitrogen and oxygen atoms in total. The average Bonchev–Trinajstić information content (AvgIpc) is 2.85. The monoisotopic (exact) mass is 238 g/mol. The highest BCUT2D eigenvalue weighted by molar-refractivity contribution is 5.80. The lowest BCUT2D eigenvalue weighted by atomic mass is 10.2. The third-order valence-electron chi connectivity index (χ3n) is 2.72. The number of fused-ring (bicyclic) bond motifs is 1. The van der Waals surface area contributed by atoms with Crippen LogP contribution in [0.25, 0.3) is 16.6 Å². The Morgan fingerprint density at radius 1 is 0.944 bits per heavy atom.